The summed E-state index contributed by atoms with van der Waals surface area (Å²) in [5.74, 6) is 2.60. The van der Waals surface area contributed by atoms with Gasteiger partial charge < -0.3 is 20.3 Å². The average Bonchev–Trinajstić information content (AvgIpc) is 2.62. The molecule has 0 saturated carbocycles. The molecule has 1 saturated heterocycles. The summed E-state index contributed by atoms with van der Waals surface area (Å²) >= 11 is 2.04. The molecule has 138 valence electrons. The number of anilines is 1. The van der Waals surface area contributed by atoms with E-state index in [4.69, 9.17) is 4.74 Å². The number of carbonyl (C=O) groups excluding carboxylic acids is 1. The van der Waals surface area contributed by atoms with E-state index in [1.165, 1.54) is 13.3 Å². The summed E-state index contributed by atoms with van der Waals surface area (Å²) in [6.45, 7) is 6.41. The Kier molecular flexibility index (Phi) is 7.43. The molecule has 1 aromatic carbocycles. The molecule has 0 aromatic heterocycles. The molecule has 1 aliphatic heterocycles. The van der Waals surface area contributed by atoms with Gasteiger partial charge in [0.25, 0.3) is 0 Å². The van der Waals surface area contributed by atoms with Gasteiger partial charge in [-0.15, -0.1) is 0 Å². The number of carbonyl (C=O) groups is 1. The van der Waals surface area contributed by atoms with Crippen LogP contribution in [0, 0.1) is 0 Å². The number of benzene rings is 1. The molecule has 25 heavy (non-hydrogen) atoms. The summed E-state index contributed by atoms with van der Waals surface area (Å²) in [6, 6.07) is 5.79. The Hall–Kier alpha value is -1.89. The number of ether oxygens (including phenoxy) is 1. The van der Waals surface area contributed by atoms with E-state index in [1.54, 1.807) is 7.11 Å². The highest BCUT2D eigenvalue weighted by molar-refractivity contribution is 8.00. The maximum Gasteiger partial charge on any atom is 0.221 e. The van der Waals surface area contributed by atoms with E-state index in [0.717, 1.165) is 30.4 Å². The van der Waals surface area contributed by atoms with Crippen molar-refractivity contribution < 1.29 is 9.53 Å². The van der Waals surface area contributed by atoms with E-state index in [-0.39, 0.29) is 5.91 Å². The van der Waals surface area contributed by atoms with Crippen LogP contribution in [0.25, 0.3) is 0 Å². The van der Waals surface area contributed by atoms with Crippen LogP contribution in [0.2, 0.25) is 0 Å². The van der Waals surface area contributed by atoms with Crippen LogP contribution in [0.3, 0.4) is 0 Å². The fourth-order valence-corrected chi connectivity index (χ4v) is 4.00. The molecule has 1 amide bonds. The smallest absolute Gasteiger partial charge is 0.221 e. The lowest BCUT2D eigenvalue weighted by Gasteiger charge is -2.34. The first-order valence-electron chi connectivity index (χ1n) is 8.59. The first-order valence-corrected chi connectivity index (χ1v) is 9.64. The van der Waals surface area contributed by atoms with Gasteiger partial charge >= 0.3 is 0 Å². The third kappa shape index (κ3) is 5.56. The molecule has 0 spiro atoms. The lowest BCUT2D eigenvalue weighted by Crippen LogP contribution is -2.47. The molecule has 0 radical (unpaired) electrons. The fraction of sp³-hybridized carbons (Fsp3) is 0.556. The zero-order valence-electron chi connectivity index (χ0n) is 15.5. The number of nitrogens with zero attached hydrogens (tertiary/aromatic N) is 2. The quantitative estimate of drug-likeness (QED) is 0.621. The molecule has 1 atom stereocenters. The molecule has 7 heteroatoms. The van der Waals surface area contributed by atoms with Crippen molar-refractivity contribution >= 4 is 29.3 Å². The maximum absolute atomic E-state index is 11.4. The second-order valence-corrected chi connectivity index (χ2v) is 7.37. The number of rotatable bonds is 5. The number of methoxy groups -OCH3 is 1. The van der Waals surface area contributed by atoms with Crippen molar-refractivity contribution in [3.05, 3.63) is 23.8 Å². The normalized spacial score (nSPS) is 18.0. The number of nitrogens with one attached hydrogen (secondary N) is 2. The van der Waals surface area contributed by atoms with Gasteiger partial charge in [-0.25, -0.2) is 0 Å². The molecule has 0 aliphatic carbocycles. The third-order valence-corrected chi connectivity index (χ3v) is 5.50. The van der Waals surface area contributed by atoms with E-state index in [0.29, 0.717) is 23.2 Å². The van der Waals surface area contributed by atoms with Crippen LogP contribution in [0.1, 0.15) is 25.8 Å². The number of guanidine groups is 1. The molecule has 1 heterocycles. The van der Waals surface area contributed by atoms with Gasteiger partial charge in [0.15, 0.2) is 5.96 Å². The number of hydrogen-bond donors (Lipinski definition) is 2. The number of amides is 1. The summed E-state index contributed by atoms with van der Waals surface area (Å²) in [7, 11) is 3.42. The lowest BCUT2D eigenvalue weighted by molar-refractivity contribution is -0.114. The maximum atomic E-state index is 11.4. The monoisotopic (exact) mass is 364 g/mol. The summed E-state index contributed by atoms with van der Waals surface area (Å²) in [5, 5.41) is 6.91. The summed E-state index contributed by atoms with van der Waals surface area (Å²) in [5.41, 5.74) is 1.74. The van der Waals surface area contributed by atoms with Crippen LogP contribution in [-0.2, 0) is 11.3 Å². The van der Waals surface area contributed by atoms with Crippen molar-refractivity contribution in [1.29, 1.82) is 0 Å². The van der Waals surface area contributed by atoms with Gasteiger partial charge in [-0.2, -0.15) is 11.8 Å². The minimum Gasteiger partial charge on any atom is -0.495 e. The fourth-order valence-electron chi connectivity index (χ4n) is 2.82. The molecule has 1 unspecified atom stereocenters. The predicted molar refractivity (Wildman–Crippen MR) is 106 cm³/mol. The Morgan fingerprint density at radius 3 is 2.92 bits per heavy atom. The van der Waals surface area contributed by atoms with Crippen LogP contribution in [-0.4, -0.2) is 55.0 Å². The average molecular weight is 365 g/mol. The van der Waals surface area contributed by atoms with Crippen molar-refractivity contribution in [1.82, 2.24) is 10.2 Å². The first-order chi connectivity index (χ1) is 12.1. The van der Waals surface area contributed by atoms with Gasteiger partial charge in [-0.05, 0) is 24.1 Å². The molecule has 6 nitrogen and oxygen atoms in total. The number of thioether (sulfide) groups is 1. The van der Waals surface area contributed by atoms with Crippen LogP contribution in [0.15, 0.2) is 23.2 Å². The van der Waals surface area contributed by atoms with Crippen molar-refractivity contribution in [3.8, 4) is 5.75 Å². The van der Waals surface area contributed by atoms with Crippen LogP contribution < -0.4 is 15.4 Å². The van der Waals surface area contributed by atoms with Crippen molar-refractivity contribution in [2.45, 2.75) is 32.1 Å². The molecular formula is C18H28N4O2S. The minimum atomic E-state index is -0.115. The van der Waals surface area contributed by atoms with Crippen LogP contribution in [0.5, 0.6) is 5.75 Å². The van der Waals surface area contributed by atoms with Crippen molar-refractivity contribution in [2.24, 2.45) is 4.99 Å². The minimum absolute atomic E-state index is 0.115. The SMILES string of the molecule is CCC1CN(C(=NC)NCc2ccc(OC)c(NC(C)=O)c2)CCS1. The second kappa shape index (κ2) is 9.56. The Balaban J connectivity index is 2.02. The van der Waals surface area contributed by atoms with E-state index >= 15 is 0 Å². The Morgan fingerprint density at radius 1 is 1.48 bits per heavy atom. The number of aliphatic imine (C=N–C) groups is 1. The van der Waals surface area contributed by atoms with Crippen LogP contribution >= 0.6 is 11.8 Å². The molecule has 1 aromatic rings. The lowest BCUT2D eigenvalue weighted by atomic mass is 10.2. The van der Waals surface area contributed by atoms with Gasteiger partial charge in [0.2, 0.25) is 5.91 Å². The molecule has 1 aliphatic rings. The topological polar surface area (TPSA) is 66.0 Å². The largest absolute Gasteiger partial charge is 0.495 e. The van der Waals surface area contributed by atoms with Gasteiger partial charge in [0.1, 0.15) is 5.75 Å². The molecule has 0 bridgehead atoms. The zero-order valence-corrected chi connectivity index (χ0v) is 16.3. The zero-order chi connectivity index (χ0) is 18.2. The highest BCUT2D eigenvalue weighted by Crippen LogP contribution is 2.25. The van der Waals surface area contributed by atoms with E-state index in [1.807, 2.05) is 37.0 Å². The molecule has 2 rings (SSSR count). The van der Waals surface area contributed by atoms with E-state index < -0.39 is 0 Å². The summed E-state index contributed by atoms with van der Waals surface area (Å²) in [6.07, 6.45) is 1.18. The Bertz CT molecular complexity index is 621. The molecule has 2 N–H and O–H groups in total. The van der Waals surface area contributed by atoms with Gasteiger partial charge in [-0.3, -0.25) is 9.79 Å². The van der Waals surface area contributed by atoms with Gasteiger partial charge in [-0.1, -0.05) is 13.0 Å². The number of hydrogen-bond acceptors (Lipinski definition) is 4. The molecule has 1 fully saturated rings. The highest BCUT2D eigenvalue weighted by Gasteiger charge is 2.21. The van der Waals surface area contributed by atoms with E-state index in [9.17, 15) is 4.79 Å². The van der Waals surface area contributed by atoms with Crippen molar-refractivity contribution in [2.75, 3.05) is 38.3 Å². The van der Waals surface area contributed by atoms with Gasteiger partial charge in [0, 0.05) is 44.6 Å². The molecular weight excluding hydrogens is 336 g/mol. The summed E-state index contributed by atoms with van der Waals surface area (Å²) in [4.78, 5) is 18.1. The third-order valence-electron chi connectivity index (χ3n) is 4.13. The highest BCUT2D eigenvalue weighted by atomic mass is 32.2. The van der Waals surface area contributed by atoms with E-state index in [2.05, 4.69) is 27.4 Å². The Morgan fingerprint density at radius 2 is 2.28 bits per heavy atom. The van der Waals surface area contributed by atoms with Crippen molar-refractivity contribution in [3.63, 3.8) is 0 Å². The second-order valence-electron chi connectivity index (χ2n) is 5.96. The standard InChI is InChI=1S/C18H28N4O2S/c1-5-15-12-22(8-9-25-15)18(19-3)20-11-14-6-7-17(24-4)16(10-14)21-13(2)23/h6-7,10,15H,5,8-9,11-12H2,1-4H3,(H,19,20)(H,21,23). The van der Waals surface area contributed by atoms with Gasteiger partial charge in [0.05, 0.1) is 12.8 Å². The Labute approximate surface area is 154 Å². The predicted octanol–water partition coefficient (Wildman–Crippen LogP) is 2.56. The summed E-state index contributed by atoms with van der Waals surface area (Å²) < 4.78 is 5.30. The first kappa shape index (κ1) is 19.4. The van der Waals surface area contributed by atoms with Crippen LogP contribution in [0.4, 0.5) is 5.69 Å².